The maximum atomic E-state index is 11.3. The standard InChI is InChI=1S/C12H21N3O5S/c1-6(17)13-8-10(19)9(18)7(5-16)20-11(8)21-4-3-12(2)14-15-12/h7-11,16,18-19H,3-5H2,1-2H3,(H,13,17). The molecule has 0 saturated carbocycles. The van der Waals surface area contributed by atoms with Crippen LogP contribution >= 0.6 is 11.8 Å². The lowest BCUT2D eigenvalue weighted by atomic mass is 9.98. The van der Waals surface area contributed by atoms with Crippen LogP contribution < -0.4 is 5.32 Å². The van der Waals surface area contributed by atoms with Crippen LogP contribution in [-0.2, 0) is 9.53 Å². The molecular formula is C12H21N3O5S. The van der Waals surface area contributed by atoms with E-state index in [9.17, 15) is 20.1 Å². The highest BCUT2D eigenvalue weighted by Crippen LogP contribution is 2.35. The molecule has 21 heavy (non-hydrogen) atoms. The first-order chi connectivity index (χ1) is 9.86. The van der Waals surface area contributed by atoms with E-state index in [2.05, 4.69) is 15.5 Å². The SMILES string of the molecule is CC(=O)NC1C(SCCC2(C)N=N2)OC(CO)C(O)C1O. The number of nitrogens with one attached hydrogen (secondary N) is 1. The Morgan fingerprint density at radius 3 is 2.57 bits per heavy atom. The van der Waals surface area contributed by atoms with E-state index in [1.165, 1.54) is 18.7 Å². The van der Waals surface area contributed by atoms with Crippen molar-refractivity contribution in [2.45, 2.75) is 55.7 Å². The van der Waals surface area contributed by atoms with Crippen molar-refractivity contribution in [3.8, 4) is 0 Å². The molecule has 0 aromatic rings. The number of ether oxygens (including phenoxy) is 1. The molecule has 2 aliphatic heterocycles. The number of rotatable bonds is 6. The summed E-state index contributed by atoms with van der Waals surface area (Å²) in [6, 6.07) is -0.730. The van der Waals surface area contributed by atoms with Gasteiger partial charge in [0.25, 0.3) is 0 Å². The Morgan fingerprint density at radius 2 is 2.05 bits per heavy atom. The van der Waals surface area contributed by atoms with Gasteiger partial charge in [0, 0.05) is 19.1 Å². The summed E-state index contributed by atoms with van der Waals surface area (Å²) < 4.78 is 5.59. The van der Waals surface area contributed by atoms with E-state index in [0.717, 1.165) is 6.42 Å². The molecule has 0 bridgehead atoms. The lowest BCUT2D eigenvalue weighted by Gasteiger charge is -2.42. The van der Waals surface area contributed by atoms with Crippen molar-refractivity contribution in [1.82, 2.24) is 5.32 Å². The van der Waals surface area contributed by atoms with E-state index in [0.29, 0.717) is 5.75 Å². The van der Waals surface area contributed by atoms with Crippen molar-refractivity contribution < 1.29 is 24.9 Å². The van der Waals surface area contributed by atoms with Gasteiger partial charge in [-0.05, 0) is 6.92 Å². The van der Waals surface area contributed by atoms with Crippen LogP contribution in [0.5, 0.6) is 0 Å². The van der Waals surface area contributed by atoms with Crippen LogP contribution in [0.3, 0.4) is 0 Å². The first kappa shape index (κ1) is 16.6. The minimum absolute atomic E-state index is 0.318. The quantitative estimate of drug-likeness (QED) is 0.510. The second-order valence-electron chi connectivity index (χ2n) is 5.47. The molecule has 120 valence electrons. The monoisotopic (exact) mass is 319 g/mol. The Bertz CT molecular complexity index is 416. The van der Waals surface area contributed by atoms with Crippen molar-refractivity contribution in [2.24, 2.45) is 10.2 Å². The Morgan fingerprint density at radius 1 is 1.38 bits per heavy atom. The van der Waals surface area contributed by atoms with Gasteiger partial charge in [-0.15, -0.1) is 11.8 Å². The van der Waals surface area contributed by atoms with E-state index in [1.54, 1.807) is 0 Å². The highest BCUT2D eigenvalue weighted by Gasteiger charge is 2.45. The van der Waals surface area contributed by atoms with Crippen molar-refractivity contribution in [1.29, 1.82) is 0 Å². The fourth-order valence-corrected chi connectivity index (χ4v) is 3.56. The molecule has 9 heteroatoms. The minimum atomic E-state index is -1.24. The van der Waals surface area contributed by atoms with Crippen LogP contribution in [0, 0.1) is 0 Å². The Hall–Kier alpha value is -0.740. The average molecular weight is 319 g/mol. The molecule has 5 unspecified atom stereocenters. The Labute approximate surface area is 127 Å². The van der Waals surface area contributed by atoms with Gasteiger partial charge in [-0.1, -0.05) is 0 Å². The van der Waals surface area contributed by atoms with Crippen molar-refractivity contribution in [2.75, 3.05) is 12.4 Å². The highest BCUT2D eigenvalue weighted by molar-refractivity contribution is 7.99. The van der Waals surface area contributed by atoms with E-state index < -0.39 is 36.4 Å². The number of thioether (sulfide) groups is 1. The molecular weight excluding hydrogens is 298 g/mol. The second-order valence-corrected chi connectivity index (χ2v) is 6.68. The van der Waals surface area contributed by atoms with Gasteiger partial charge in [0.1, 0.15) is 23.7 Å². The molecule has 2 heterocycles. The topological polar surface area (TPSA) is 124 Å². The third-order valence-corrected chi connectivity index (χ3v) is 4.72. The molecule has 2 rings (SSSR count). The zero-order valence-electron chi connectivity index (χ0n) is 12.0. The van der Waals surface area contributed by atoms with E-state index in [4.69, 9.17) is 4.74 Å². The molecule has 0 aliphatic carbocycles. The molecule has 0 aromatic carbocycles. The number of carbonyl (C=O) groups excluding carboxylic acids is 1. The number of hydrogen-bond acceptors (Lipinski definition) is 8. The molecule has 2 aliphatic rings. The highest BCUT2D eigenvalue weighted by atomic mass is 32.2. The fraction of sp³-hybridized carbons (Fsp3) is 0.917. The predicted molar refractivity (Wildman–Crippen MR) is 75.7 cm³/mol. The number of nitrogens with zero attached hydrogens (tertiary/aromatic N) is 2. The third kappa shape index (κ3) is 4.13. The van der Waals surface area contributed by atoms with Crippen molar-refractivity contribution >= 4 is 17.7 Å². The lowest BCUT2D eigenvalue weighted by Crippen LogP contribution is -2.63. The number of amides is 1. The van der Waals surface area contributed by atoms with Gasteiger partial charge < -0.3 is 25.4 Å². The van der Waals surface area contributed by atoms with Crippen LogP contribution in [0.2, 0.25) is 0 Å². The van der Waals surface area contributed by atoms with Gasteiger partial charge in [0.05, 0.1) is 12.6 Å². The van der Waals surface area contributed by atoms with Gasteiger partial charge in [-0.25, -0.2) is 0 Å². The number of aliphatic hydroxyl groups is 3. The smallest absolute Gasteiger partial charge is 0.217 e. The predicted octanol–water partition coefficient (Wildman–Crippen LogP) is -0.765. The summed E-state index contributed by atoms with van der Waals surface area (Å²) in [5, 5.41) is 39.6. The first-order valence-electron chi connectivity index (χ1n) is 6.81. The summed E-state index contributed by atoms with van der Waals surface area (Å²) in [7, 11) is 0. The molecule has 0 radical (unpaired) electrons. The van der Waals surface area contributed by atoms with Crippen LogP contribution in [-0.4, -0.2) is 69.0 Å². The Balaban J connectivity index is 1.96. The molecule has 0 spiro atoms. The average Bonchev–Trinajstić information content (AvgIpc) is 3.15. The molecule has 4 N–H and O–H groups in total. The lowest BCUT2D eigenvalue weighted by molar-refractivity contribution is -0.173. The maximum absolute atomic E-state index is 11.3. The third-order valence-electron chi connectivity index (χ3n) is 3.55. The van der Waals surface area contributed by atoms with Crippen LogP contribution in [0.25, 0.3) is 0 Å². The van der Waals surface area contributed by atoms with E-state index in [1.807, 2.05) is 6.92 Å². The minimum Gasteiger partial charge on any atom is -0.394 e. The van der Waals surface area contributed by atoms with Crippen molar-refractivity contribution in [3.63, 3.8) is 0 Å². The summed E-state index contributed by atoms with van der Waals surface area (Å²) in [5.74, 6) is 0.354. The summed E-state index contributed by atoms with van der Waals surface area (Å²) >= 11 is 1.40. The maximum Gasteiger partial charge on any atom is 0.217 e. The zero-order chi connectivity index (χ0) is 15.6. The van der Waals surface area contributed by atoms with Gasteiger partial charge >= 0.3 is 0 Å². The molecule has 8 nitrogen and oxygen atoms in total. The molecule has 0 aromatic heterocycles. The number of carbonyl (C=O) groups is 1. The van der Waals surface area contributed by atoms with Gasteiger partial charge in [0.2, 0.25) is 5.91 Å². The van der Waals surface area contributed by atoms with E-state index >= 15 is 0 Å². The summed E-state index contributed by atoms with van der Waals surface area (Å²) in [5.41, 5.74) is -0.869. The molecule has 1 fully saturated rings. The Kier molecular flexibility index (Phi) is 5.20. The van der Waals surface area contributed by atoms with Crippen molar-refractivity contribution in [3.05, 3.63) is 0 Å². The van der Waals surface area contributed by atoms with Gasteiger partial charge in [-0.2, -0.15) is 10.2 Å². The number of hydrogen-bond donors (Lipinski definition) is 4. The van der Waals surface area contributed by atoms with Crippen LogP contribution in [0.15, 0.2) is 10.2 Å². The van der Waals surface area contributed by atoms with E-state index in [-0.39, 0.29) is 11.6 Å². The van der Waals surface area contributed by atoms with Crippen LogP contribution in [0.4, 0.5) is 0 Å². The fourth-order valence-electron chi connectivity index (χ4n) is 2.17. The normalized spacial score (nSPS) is 37.3. The number of aliphatic hydroxyl groups excluding tert-OH is 3. The second kappa shape index (κ2) is 6.57. The molecule has 5 atom stereocenters. The zero-order valence-corrected chi connectivity index (χ0v) is 12.8. The largest absolute Gasteiger partial charge is 0.394 e. The molecule has 1 amide bonds. The summed E-state index contributed by atoms with van der Waals surface area (Å²) in [6.45, 7) is 2.85. The van der Waals surface area contributed by atoms with Gasteiger partial charge in [0.15, 0.2) is 5.66 Å². The summed E-state index contributed by atoms with van der Waals surface area (Å²) in [4.78, 5) is 11.3. The molecule has 1 saturated heterocycles. The van der Waals surface area contributed by atoms with Crippen LogP contribution in [0.1, 0.15) is 20.3 Å². The summed E-state index contributed by atoms with van der Waals surface area (Å²) in [6.07, 6.45) is -2.57. The first-order valence-corrected chi connectivity index (χ1v) is 7.86. The van der Waals surface area contributed by atoms with Gasteiger partial charge in [-0.3, -0.25) is 4.79 Å².